The Morgan fingerprint density at radius 3 is 2.83 bits per heavy atom. The molecule has 1 aromatic rings. The van der Waals surface area contributed by atoms with E-state index < -0.39 is 0 Å². The van der Waals surface area contributed by atoms with Crippen molar-refractivity contribution in [2.75, 3.05) is 26.2 Å². The van der Waals surface area contributed by atoms with Gasteiger partial charge in [-0.05, 0) is 23.8 Å². The van der Waals surface area contributed by atoms with Crippen LogP contribution in [-0.2, 0) is 0 Å². The number of benzene rings is 1. The smallest absolute Gasteiger partial charge is 0.0641 e. The summed E-state index contributed by atoms with van der Waals surface area (Å²) in [5.74, 6) is 0. The van der Waals surface area contributed by atoms with Crippen molar-refractivity contribution in [3.8, 4) is 6.07 Å². The van der Waals surface area contributed by atoms with E-state index in [2.05, 4.69) is 32.2 Å². The van der Waals surface area contributed by atoms with Crippen LogP contribution in [-0.4, -0.2) is 31.1 Å². The van der Waals surface area contributed by atoms with Gasteiger partial charge in [-0.1, -0.05) is 27.5 Å². The van der Waals surface area contributed by atoms with E-state index in [0.717, 1.165) is 36.2 Å². The summed E-state index contributed by atoms with van der Waals surface area (Å²) in [7, 11) is 0. The number of hydrogen-bond acceptors (Lipinski definition) is 3. The van der Waals surface area contributed by atoms with E-state index in [-0.39, 0.29) is 6.04 Å². The molecule has 0 aliphatic carbocycles. The van der Waals surface area contributed by atoms with Gasteiger partial charge in [0.25, 0.3) is 0 Å². The standard InChI is InChI=1S/C13H15BrClN3/c14-12-2-1-10(15)9-11(12)13(3-4-16)18-7-5-17-6-8-18/h1-2,9,13,17H,3,5-8H2/t13-/m1/s1. The van der Waals surface area contributed by atoms with E-state index in [4.69, 9.17) is 16.9 Å². The van der Waals surface area contributed by atoms with Gasteiger partial charge in [-0.25, -0.2) is 0 Å². The average molecular weight is 329 g/mol. The SMILES string of the molecule is N#CC[C@H](c1cc(Cl)ccc1Br)N1CCNCC1. The number of halogens is 2. The monoisotopic (exact) mass is 327 g/mol. The lowest BCUT2D eigenvalue weighted by molar-refractivity contribution is 0.175. The lowest BCUT2D eigenvalue weighted by Crippen LogP contribution is -2.45. The number of nitrogens with one attached hydrogen (secondary N) is 1. The van der Waals surface area contributed by atoms with Crippen LogP contribution in [0.2, 0.25) is 5.02 Å². The highest BCUT2D eigenvalue weighted by Gasteiger charge is 2.23. The molecular weight excluding hydrogens is 314 g/mol. The molecule has 1 aliphatic heterocycles. The molecule has 0 aromatic heterocycles. The fourth-order valence-corrected chi connectivity index (χ4v) is 2.98. The molecule has 3 nitrogen and oxygen atoms in total. The Balaban J connectivity index is 2.28. The van der Waals surface area contributed by atoms with Crippen molar-refractivity contribution in [2.45, 2.75) is 12.5 Å². The molecule has 1 atom stereocenters. The van der Waals surface area contributed by atoms with Crippen LogP contribution in [0.1, 0.15) is 18.0 Å². The second kappa shape index (κ2) is 6.53. The molecular formula is C13H15BrClN3. The van der Waals surface area contributed by atoms with Gasteiger partial charge in [-0.2, -0.15) is 5.26 Å². The highest BCUT2D eigenvalue weighted by atomic mass is 79.9. The van der Waals surface area contributed by atoms with E-state index in [1.807, 2.05) is 18.2 Å². The molecule has 96 valence electrons. The van der Waals surface area contributed by atoms with Gasteiger partial charge in [-0.3, -0.25) is 4.90 Å². The zero-order valence-electron chi connectivity index (χ0n) is 10.00. The van der Waals surface area contributed by atoms with Crippen molar-refractivity contribution >= 4 is 27.5 Å². The molecule has 1 aliphatic rings. The fraction of sp³-hybridized carbons (Fsp3) is 0.462. The number of hydrogen-bond donors (Lipinski definition) is 1. The van der Waals surface area contributed by atoms with E-state index in [1.165, 1.54) is 0 Å². The Labute approximate surface area is 121 Å². The van der Waals surface area contributed by atoms with Crippen molar-refractivity contribution in [3.05, 3.63) is 33.3 Å². The van der Waals surface area contributed by atoms with E-state index >= 15 is 0 Å². The predicted molar refractivity (Wildman–Crippen MR) is 76.6 cm³/mol. The molecule has 0 bridgehead atoms. The first kappa shape index (κ1) is 13.8. The number of rotatable bonds is 3. The van der Waals surface area contributed by atoms with Crippen LogP contribution in [0, 0.1) is 11.3 Å². The molecule has 0 amide bonds. The zero-order chi connectivity index (χ0) is 13.0. The minimum atomic E-state index is 0.116. The normalized spacial score (nSPS) is 18.3. The van der Waals surface area contributed by atoms with Gasteiger partial charge in [-0.15, -0.1) is 0 Å². The topological polar surface area (TPSA) is 39.1 Å². The molecule has 1 saturated heterocycles. The second-order valence-electron chi connectivity index (χ2n) is 4.33. The van der Waals surface area contributed by atoms with Crippen LogP contribution < -0.4 is 5.32 Å². The van der Waals surface area contributed by atoms with E-state index in [9.17, 15) is 0 Å². The van der Waals surface area contributed by atoms with Gasteiger partial charge in [0.1, 0.15) is 0 Å². The van der Waals surface area contributed by atoms with Gasteiger partial charge in [0, 0.05) is 41.7 Å². The third-order valence-electron chi connectivity index (χ3n) is 3.19. The molecule has 0 unspecified atom stereocenters. The first-order chi connectivity index (χ1) is 8.72. The van der Waals surface area contributed by atoms with Crippen molar-refractivity contribution in [1.29, 1.82) is 5.26 Å². The third kappa shape index (κ3) is 3.24. The molecule has 1 heterocycles. The molecule has 1 fully saturated rings. The van der Waals surface area contributed by atoms with Gasteiger partial charge in [0.15, 0.2) is 0 Å². The summed E-state index contributed by atoms with van der Waals surface area (Å²) < 4.78 is 1.02. The van der Waals surface area contributed by atoms with Gasteiger partial charge in [0.05, 0.1) is 12.5 Å². The van der Waals surface area contributed by atoms with E-state index in [0.29, 0.717) is 11.4 Å². The second-order valence-corrected chi connectivity index (χ2v) is 5.62. The van der Waals surface area contributed by atoms with Crippen LogP contribution in [0.25, 0.3) is 0 Å². The Morgan fingerprint density at radius 1 is 1.44 bits per heavy atom. The molecule has 0 saturated carbocycles. The summed E-state index contributed by atoms with van der Waals surface area (Å²) in [5, 5.41) is 13.1. The Hall–Kier alpha value is -0.600. The van der Waals surface area contributed by atoms with Crippen LogP contribution in [0.4, 0.5) is 0 Å². The number of nitriles is 1. The van der Waals surface area contributed by atoms with Gasteiger partial charge < -0.3 is 5.32 Å². The summed E-state index contributed by atoms with van der Waals surface area (Å²) in [6, 6.07) is 8.16. The Kier molecular flexibility index (Phi) is 5.02. The van der Waals surface area contributed by atoms with E-state index in [1.54, 1.807) is 0 Å². The fourth-order valence-electron chi connectivity index (χ4n) is 2.29. The summed E-state index contributed by atoms with van der Waals surface area (Å²) >= 11 is 9.62. The minimum absolute atomic E-state index is 0.116. The largest absolute Gasteiger partial charge is 0.314 e. The average Bonchev–Trinajstić information content (AvgIpc) is 2.40. The summed E-state index contributed by atoms with van der Waals surface area (Å²) in [4.78, 5) is 2.34. The van der Waals surface area contributed by atoms with Gasteiger partial charge >= 0.3 is 0 Å². The zero-order valence-corrected chi connectivity index (χ0v) is 12.3. The van der Waals surface area contributed by atoms with Crippen molar-refractivity contribution in [3.63, 3.8) is 0 Å². The highest BCUT2D eigenvalue weighted by molar-refractivity contribution is 9.10. The van der Waals surface area contributed by atoms with Crippen molar-refractivity contribution in [2.24, 2.45) is 0 Å². The molecule has 5 heteroatoms. The van der Waals surface area contributed by atoms with Crippen molar-refractivity contribution < 1.29 is 0 Å². The third-order valence-corrected chi connectivity index (χ3v) is 4.15. The summed E-state index contributed by atoms with van der Waals surface area (Å²) in [6.45, 7) is 3.87. The first-order valence-corrected chi connectivity index (χ1v) is 7.16. The predicted octanol–water partition coefficient (Wildman–Crippen LogP) is 2.96. The quantitative estimate of drug-likeness (QED) is 0.927. The highest BCUT2D eigenvalue weighted by Crippen LogP contribution is 2.32. The Bertz CT molecular complexity index is 452. The summed E-state index contributed by atoms with van der Waals surface area (Å²) in [5.41, 5.74) is 1.10. The minimum Gasteiger partial charge on any atom is -0.314 e. The van der Waals surface area contributed by atoms with Gasteiger partial charge in [0.2, 0.25) is 0 Å². The van der Waals surface area contributed by atoms with Crippen LogP contribution in [0.15, 0.2) is 22.7 Å². The van der Waals surface area contributed by atoms with Crippen LogP contribution in [0.3, 0.4) is 0 Å². The summed E-state index contributed by atoms with van der Waals surface area (Å²) in [6.07, 6.45) is 0.485. The number of nitrogens with zero attached hydrogens (tertiary/aromatic N) is 2. The maximum atomic E-state index is 9.05. The molecule has 1 aromatic carbocycles. The first-order valence-electron chi connectivity index (χ1n) is 5.99. The molecule has 1 N–H and O–H groups in total. The van der Waals surface area contributed by atoms with Crippen LogP contribution in [0.5, 0.6) is 0 Å². The lowest BCUT2D eigenvalue weighted by Gasteiger charge is -2.34. The molecule has 18 heavy (non-hydrogen) atoms. The molecule has 2 rings (SSSR count). The van der Waals surface area contributed by atoms with Crippen molar-refractivity contribution in [1.82, 2.24) is 10.2 Å². The maximum Gasteiger partial charge on any atom is 0.0641 e. The molecule has 0 radical (unpaired) electrons. The number of piperazine rings is 1. The van der Waals surface area contributed by atoms with Crippen LogP contribution >= 0.6 is 27.5 Å². The molecule has 0 spiro atoms. The maximum absolute atomic E-state index is 9.05. The Morgan fingerprint density at radius 2 is 2.17 bits per heavy atom. The lowest BCUT2D eigenvalue weighted by atomic mass is 10.0.